The fraction of sp³-hybridized carbons (Fsp3) is 0.333. The smallest absolute Gasteiger partial charge is 0.414 e. The standard InChI is InChI=1S/C21H23ClN2O7S/c1-21(2,3)31-20(27)23-9-10-24(16-11-13(19(25)26)5-7-15(16)23)32(28,29)18-12-14(22)6-8-17(18)30-4/h5-8,11-12H,9-10H2,1-4H3,(H,25,26)/p-1. The van der Waals surface area contributed by atoms with Gasteiger partial charge in [0.05, 0.1) is 31.0 Å². The molecule has 0 aromatic heterocycles. The van der Waals surface area contributed by atoms with E-state index >= 15 is 0 Å². The number of sulfonamides is 1. The Morgan fingerprint density at radius 1 is 1.06 bits per heavy atom. The summed E-state index contributed by atoms with van der Waals surface area (Å²) in [7, 11) is -2.91. The van der Waals surface area contributed by atoms with Crippen molar-refractivity contribution in [3.05, 3.63) is 47.0 Å². The van der Waals surface area contributed by atoms with E-state index in [-0.39, 0.29) is 45.7 Å². The fourth-order valence-corrected chi connectivity index (χ4v) is 5.12. The summed E-state index contributed by atoms with van der Waals surface area (Å²) in [6, 6.07) is 7.89. The summed E-state index contributed by atoms with van der Waals surface area (Å²) < 4.78 is 38.7. The van der Waals surface area contributed by atoms with Crippen LogP contribution < -0.4 is 19.0 Å². The molecule has 0 aliphatic carbocycles. The van der Waals surface area contributed by atoms with E-state index in [1.165, 1.54) is 42.3 Å². The molecule has 1 heterocycles. The Hall–Kier alpha value is -2.98. The van der Waals surface area contributed by atoms with Gasteiger partial charge in [-0.15, -0.1) is 0 Å². The molecular formula is C21H22ClN2O7S-. The molecule has 1 aliphatic heterocycles. The molecule has 1 amide bonds. The first-order chi connectivity index (χ1) is 14.8. The molecule has 9 nitrogen and oxygen atoms in total. The monoisotopic (exact) mass is 481 g/mol. The maximum absolute atomic E-state index is 13.6. The van der Waals surface area contributed by atoms with Gasteiger partial charge >= 0.3 is 6.09 Å². The zero-order chi connectivity index (χ0) is 23.8. The van der Waals surface area contributed by atoms with Gasteiger partial charge in [0.15, 0.2) is 0 Å². The number of hydrogen-bond acceptors (Lipinski definition) is 7. The summed E-state index contributed by atoms with van der Waals surface area (Å²) in [5.74, 6) is -1.42. The Morgan fingerprint density at radius 3 is 2.34 bits per heavy atom. The molecule has 1 aliphatic rings. The lowest BCUT2D eigenvalue weighted by molar-refractivity contribution is -0.255. The van der Waals surface area contributed by atoms with Gasteiger partial charge in [-0.05, 0) is 56.7 Å². The van der Waals surface area contributed by atoms with Gasteiger partial charge in [0.1, 0.15) is 16.2 Å². The highest BCUT2D eigenvalue weighted by molar-refractivity contribution is 7.93. The molecule has 0 unspecified atom stereocenters. The molecule has 172 valence electrons. The second-order valence-electron chi connectivity index (χ2n) is 8.00. The number of carbonyl (C=O) groups is 2. The van der Waals surface area contributed by atoms with Crippen molar-refractivity contribution in [1.82, 2.24) is 0 Å². The topological polar surface area (TPSA) is 116 Å². The van der Waals surface area contributed by atoms with Crippen LogP contribution >= 0.6 is 11.6 Å². The van der Waals surface area contributed by atoms with Gasteiger partial charge in [0, 0.05) is 11.6 Å². The minimum Gasteiger partial charge on any atom is -0.545 e. The Bertz CT molecular complexity index is 1180. The first-order valence-electron chi connectivity index (χ1n) is 9.57. The van der Waals surface area contributed by atoms with Crippen LogP contribution in [0.1, 0.15) is 31.1 Å². The van der Waals surface area contributed by atoms with E-state index < -0.39 is 27.7 Å². The van der Waals surface area contributed by atoms with Crippen LogP contribution in [-0.4, -0.2) is 46.3 Å². The highest BCUT2D eigenvalue weighted by atomic mass is 35.5. The van der Waals surface area contributed by atoms with Gasteiger partial charge in [0.2, 0.25) is 0 Å². The Morgan fingerprint density at radius 2 is 1.75 bits per heavy atom. The van der Waals surface area contributed by atoms with Crippen LogP contribution in [0.15, 0.2) is 41.3 Å². The van der Waals surface area contributed by atoms with Crippen LogP contribution in [0.25, 0.3) is 0 Å². The number of methoxy groups -OCH3 is 1. The quantitative estimate of drug-likeness (QED) is 0.659. The Kier molecular flexibility index (Phi) is 6.30. The first-order valence-corrected chi connectivity index (χ1v) is 11.4. The number of ether oxygens (including phenoxy) is 2. The summed E-state index contributed by atoms with van der Waals surface area (Å²) in [5, 5.41) is 11.6. The van der Waals surface area contributed by atoms with E-state index in [2.05, 4.69) is 0 Å². The molecule has 0 atom stereocenters. The second kappa shape index (κ2) is 8.51. The Labute approximate surface area is 191 Å². The minimum absolute atomic E-state index is 0.00848. The maximum atomic E-state index is 13.6. The zero-order valence-electron chi connectivity index (χ0n) is 17.9. The summed E-state index contributed by atoms with van der Waals surface area (Å²) in [5.41, 5.74) is -0.849. The second-order valence-corrected chi connectivity index (χ2v) is 10.3. The number of carboxylic acids is 1. The zero-order valence-corrected chi connectivity index (χ0v) is 19.5. The lowest BCUT2D eigenvalue weighted by Gasteiger charge is -2.38. The summed E-state index contributed by atoms with van der Waals surface area (Å²) in [6.07, 6.45) is -0.683. The van der Waals surface area contributed by atoms with Crippen LogP contribution in [-0.2, 0) is 14.8 Å². The van der Waals surface area contributed by atoms with Crippen molar-refractivity contribution in [3.8, 4) is 5.75 Å². The van der Waals surface area contributed by atoms with E-state index in [4.69, 9.17) is 21.1 Å². The minimum atomic E-state index is -4.24. The molecule has 32 heavy (non-hydrogen) atoms. The van der Waals surface area contributed by atoms with Crippen LogP contribution in [0.3, 0.4) is 0 Å². The molecule has 0 radical (unpaired) electrons. The number of fused-ring (bicyclic) bond motifs is 1. The average Bonchev–Trinajstić information content (AvgIpc) is 2.71. The van der Waals surface area contributed by atoms with Crippen LogP contribution in [0.2, 0.25) is 5.02 Å². The van der Waals surface area contributed by atoms with E-state index in [9.17, 15) is 23.1 Å². The third-order valence-electron chi connectivity index (χ3n) is 4.60. The van der Waals surface area contributed by atoms with Crippen molar-refractivity contribution in [2.75, 3.05) is 29.4 Å². The molecule has 0 saturated heterocycles. The predicted molar refractivity (Wildman–Crippen MR) is 117 cm³/mol. The molecule has 0 fully saturated rings. The molecule has 0 bridgehead atoms. The third-order valence-corrected chi connectivity index (χ3v) is 6.67. The van der Waals surface area contributed by atoms with Crippen molar-refractivity contribution in [1.29, 1.82) is 0 Å². The Balaban J connectivity index is 2.16. The number of hydrogen-bond donors (Lipinski definition) is 0. The SMILES string of the molecule is COc1ccc(Cl)cc1S(=O)(=O)N1CCN(C(=O)OC(C)(C)C)c2ccc(C(=O)[O-])cc21. The number of halogens is 1. The fourth-order valence-electron chi connectivity index (χ4n) is 3.24. The molecule has 3 rings (SSSR count). The highest BCUT2D eigenvalue weighted by Crippen LogP contribution is 2.40. The number of carbonyl (C=O) groups excluding carboxylic acids is 2. The van der Waals surface area contributed by atoms with E-state index in [1.54, 1.807) is 20.8 Å². The predicted octanol–water partition coefficient (Wildman–Crippen LogP) is 2.66. The number of rotatable bonds is 4. The van der Waals surface area contributed by atoms with Crippen LogP contribution in [0.5, 0.6) is 5.75 Å². The van der Waals surface area contributed by atoms with Gasteiger partial charge in [-0.1, -0.05) is 17.7 Å². The first kappa shape index (κ1) is 23.7. The largest absolute Gasteiger partial charge is 0.545 e. The van der Waals surface area contributed by atoms with Crippen molar-refractivity contribution in [2.45, 2.75) is 31.3 Å². The van der Waals surface area contributed by atoms with E-state index in [0.717, 1.165) is 10.4 Å². The number of aromatic carboxylic acids is 1. The van der Waals surface area contributed by atoms with Crippen molar-refractivity contribution < 1.29 is 32.6 Å². The van der Waals surface area contributed by atoms with Gasteiger partial charge in [0.25, 0.3) is 10.0 Å². The number of amides is 1. The van der Waals surface area contributed by atoms with E-state index in [1.807, 2.05) is 0 Å². The molecule has 11 heteroatoms. The maximum Gasteiger partial charge on any atom is 0.414 e. The number of nitrogens with zero attached hydrogens (tertiary/aromatic N) is 2. The van der Waals surface area contributed by atoms with Gasteiger partial charge in [-0.3, -0.25) is 9.21 Å². The molecule has 0 spiro atoms. The molecule has 0 N–H and O–H groups in total. The van der Waals surface area contributed by atoms with Gasteiger partial charge in [-0.2, -0.15) is 0 Å². The lowest BCUT2D eigenvalue weighted by Crippen LogP contribution is -2.48. The van der Waals surface area contributed by atoms with Crippen LogP contribution in [0, 0.1) is 0 Å². The van der Waals surface area contributed by atoms with Crippen molar-refractivity contribution >= 4 is 45.1 Å². The highest BCUT2D eigenvalue weighted by Gasteiger charge is 2.37. The van der Waals surface area contributed by atoms with Crippen molar-refractivity contribution in [3.63, 3.8) is 0 Å². The van der Waals surface area contributed by atoms with Crippen molar-refractivity contribution in [2.24, 2.45) is 0 Å². The summed E-state index contributed by atoms with van der Waals surface area (Å²) in [6.45, 7) is 4.95. The number of carboxylic acid groups (broad SMARTS) is 1. The summed E-state index contributed by atoms with van der Waals surface area (Å²) in [4.78, 5) is 25.2. The average molecular weight is 482 g/mol. The molecular weight excluding hydrogens is 460 g/mol. The van der Waals surface area contributed by atoms with Gasteiger partial charge < -0.3 is 19.4 Å². The third kappa shape index (κ3) is 4.61. The van der Waals surface area contributed by atoms with E-state index in [0.29, 0.717) is 0 Å². The molecule has 0 saturated carbocycles. The molecule has 2 aromatic carbocycles. The van der Waals surface area contributed by atoms with Crippen LogP contribution in [0.4, 0.5) is 16.2 Å². The van der Waals surface area contributed by atoms with Gasteiger partial charge in [-0.25, -0.2) is 13.2 Å². The summed E-state index contributed by atoms with van der Waals surface area (Å²) >= 11 is 6.02. The normalized spacial score (nSPS) is 14.0. The number of benzene rings is 2. The lowest BCUT2D eigenvalue weighted by atomic mass is 10.1. The number of anilines is 2. The molecule has 2 aromatic rings.